The van der Waals surface area contributed by atoms with Crippen LogP contribution in [0.25, 0.3) is 38.8 Å². The van der Waals surface area contributed by atoms with Crippen LogP contribution in [0, 0.1) is 18.8 Å². The molecule has 4 heterocycles. The summed E-state index contributed by atoms with van der Waals surface area (Å²) in [7, 11) is 0. The zero-order chi connectivity index (χ0) is 48.5. The Morgan fingerprint density at radius 1 is 0.565 bits per heavy atom. The average molecular weight is 1090 g/mol. The third kappa shape index (κ3) is 7.92. The molecule has 2 aromatic heterocycles. The minimum atomic E-state index is -0.157. The number of hydrogen-bond donors (Lipinski definition) is 0. The summed E-state index contributed by atoms with van der Waals surface area (Å²) < 4.78 is 10.4. The van der Waals surface area contributed by atoms with E-state index in [2.05, 4.69) is 242 Å². The van der Waals surface area contributed by atoms with Crippen molar-refractivity contribution in [3.8, 4) is 28.4 Å². The minimum Gasteiger partial charge on any atom is -0.509 e. The maximum Gasteiger partial charge on any atom is 0.225 e. The number of para-hydroxylation sites is 1. The van der Waals surface area contributed by atoms with Gasteiger partial charge >= 0.3 is 0 Å². The molecule has 0 N–H and O–H groups in total. The molecule has 1 unspecified atom stereocenters. The second kappa shape index (κ2) is 16.9. The fourth-order valence-electron chi connectivity index (χ4n) is 10.6. The molecule has 0 radical (unpaired) electrons. The first-order valence-electron chi connectivity index (χ1n) is 24.8. The summed E-state index contributed by atoms with van der Waals surface area (Å²) in [5.41, 5.74) is 17.2. The molecule has 6 heteroatoms. The van der Waals surface area contributed by atoms with Crippen molar-refractivity contribution in [3.63, 3.8) is 0 Å². The van der Waals surface area contributed by atoms with Crippen molar-refractivity contribution in [2.75, 3.05) is 0 Å². The summed E-state index contributed by atoms with van der Waals surface area (Å²) in [4.78, 5) is 5.09. The SMILES string of the molecule is CC(C)c1cc(C(C)C)c(-c2ccnc(-n3c4[c-]c(Oc5[c-]c([N+]67[CH-][N@+]6(c6cccc(C(C)(C)C)c6)c6ccc(C(C)(C)C)cc67)cc(C(C)(C)C)c5)ccc4c4ccccc43)c2)c(C(C)C)c1.[Pt]. The summed E-state index contributed by atoms with van der Waals surface area (Å²) >= 11 is 0. The van der Waals surface area contributed by atoms with Gasteiger partial charge in [0.1, 0.15) is 5.82 Å². The Labute approximate surface area is 426 Å². The van der Waals surface area contributed by atoms with Crippen molar-refractivity contribution in [1.82, 2.24) is 18.7 Å². The average Bonchev–Trinajstić information content (AvgIpc) is 3.78. The number of pyridine rings is 1. The number of rotatable bonds is 9. The second-order valence-corrected chi connectivity index (χ2v) is 23.6. The molecular formula is C63H69N4OPt-. The van der Waals surface area contributed by atoms with E-state index in [0.717, 1.165) is 33.3 Å². The van der Waals surface area contributed by atoms with Gasteiger partial charge in [-0.15, -0.1) is 35.2 Å². The summed E-state index contributed by atoms with van der Waals surface area (Å²) in [6.45, 7) is 36.9. The van der Waals surface area contributed by atoms with Crippen molar-refractivity contribution in [2.24, 2.45) is 0 Å². The van der Waals surface area contributed by atoms with Crippen LogP contribution in [0.1, 0.15) is 155 Å². The van der Waals surface area contributed by atoms with Crippen molar-refractivity contribution in [2.45, 2.75) is 138 Å². The van der Waals surface area contributed by atoms with Crippen LogP contribution in [-0.4, -0.2) is 9.55 Å². The van der Waals surface area contributed by atoms with E-state index in [1.807, 2.05) is 6.20 Å². The Kier molecular flexibility index (Phi) is 11.9. The van der Waals surface area contributed by atoms with Crippen molar-refractivity contribution < 1.29 is 25.8 Å². The molecule has 2 aliphatic heterocycles. The van der Waals surface area contributed by atoms with Gasteiger partial charge in [0.15, 0.2) is 12.4 Å². The minimum absolute atomic E-state index is 0. The maximum absolute atomic E-state index is 7.03. The van der Waals surface area contributed by atoms with E-state index in [4.69, 9.17) is 9.72 Å². The molecule has 1 fully saturated rings. The zero-order valence-electron chi connectivity index (χ0n) is 43.4. The van der Waals surface area contributed by atoms with Crippen LogP contribution in [0.5, 0.6) is 11.5 Å². The van der Waals surface area contributed by atoms with E-state index in [0.29, 0.717) is 38.4 Å². The first-order valence-corrected chi connectivity index (χ1v) is 24.8. The Hall–Kier alpha value is -5.32. The molecule has 69 heavy (non-hydrogen) atoms. The number of hydrogen-bond acceptors (Lipinski definition) is 2. The summed E-state index contributed by atoms with van der Waals surface area (Å²) in [5.74, 6) is 3.33. The fourth-order valence-corrected chi connectivity index (χ4v) is 10.6. The van der Waals surface area contributed by atoms with Gasteiger partial charge in [-0.2, -0.15) is 10.7 Å². The summed E-state index contributed by atoms with van der Waals surface area (Å²) in [6, 6.07) is 50.7. The molecule has 0 saturated carbocycles. The van der Waals surface area contributed by atoms with Crippen LogP contribution in [0.3, 0.4) is 0 Å². The van der Waals surface area contributed by atoms with Crippen LogP contribution in [0.4, 0.5) is 22.7 Å². The topological polar surface area (TPSA) is 27.1 Å². The van der Waals surface area contributed by atoms with Gasteiger partial charge in [0.2, 0.25) is 11.4 Å². The van der Waals surface area contributed by atoms with Crippen LogP contribution >= 0.6 is 0 Å². The van der Waals surface area contributed by atoms with Gasteiger partial charge in [-0.1, -0.05) is 164 Å². The van der Waals surface area contributed by atoms with Gasteiger partial charge in [-0.25, -0.2) is 9.58 Å². The van der Waals surface area contributed by atoms with Gasteiger partial charge in [0.25, 0.3) is 0 Å². The number of aromatic nitrogens is 2. The van der Waals surface area contributed by atoms with E-state index in [1.54, 1.807) is 0 Å². The van der Waals surface area contributed by atoms with Crippen molar-refractivity contribution in [3.05, 3.63) is 174 Å². The number of nitrogens with zero attached hydrogens (tertiary/aromatic N) is 4. The monoisotopic (exact) mass is 1090 g/mol. The standard InChI is InChI=1S/C63H69N4O.Pt/c1-39(2)43-29-53(40(3)4)60(54(30-43)41(5)6)42-27-28-64-59(31-42)65-55-22-17-16-21-51(55)52-25-24-49(37-56(52)65)68-50-34-46(63(13,14)15)33-48(36-50)67-38-66(67,47-20-18-19-44(32-47)61(7,8)9)57-26-23-45(35-58(57)67)62(10,11)12;/h16-35,38-41H,1-15H3;/q-1;/t66-,67?;/m0./s1. The van der Waals surface area contributed by atoms with E-state index in [-0.39, 0.29) is 37.3 Å². The third-order valence-corrected chi connectivity index (χ3v) is 14.7. The van der Waals surface area contributed by atoms with Gasteiger partial charge < -0.3 is 9.30 Å². The molecule has 10 rings (SSSR count). The molecule has 0 bridgehead atoms. The van der Waals surface area contributed by atoms with E-state index in [1.165, 1.54) is 61.6 Å². The van der Waals surface area contributed by atoms with Crippen LogP contribution in [0.15, 0.2) is 121 Å². The molecule has 0 spiro atoms. The van der Waals surface area contributed by atoms with Crippen LogP contribution in [0.2, 0.25) is 0 Å². The molecule has 1 saturated heterocycles. The van der Waals surface area contributed by atoms with Crippen LogP contribution < -0.4 is 13.9 Å². The van der Waals surface area contributed by atoms with Crippen molar-refractivity contribution in [1.29, 1.82) is 0 Å². The summed E-state index contributed by atoms with van der Waals surface area (Å²) in [5, 5.41) is 2.25. The predicted molar refractivity (Wildman–Crippen MR) is 287 cm³/mol. The zero-order valence-corrected chi connectivity index (χ0v) is 45.6. The van der Waals surface area contributed by atoms with Crippen molar-refractivity contribution >= 4 is 44.6 Å². The number of ether oxygens (including phenoxy) is 1. The van der Waals surface area contributed by atoms with Gasteiger partial charge in [0, 0.05) is 68.5 Å². The first kappa shape index (κ1) is 48.7. The molecule has 5 nitrogen and oxygen atoms in total. The maximum atomic E-state index is 7.03. The van der Waals surface area contributed by atoms with Gasteiger partial charge in [0.05, 0.1) is 5.69 Å². The number of quaternary nitrogens is 2. The molecular weight excluding hydrogens is 1020 g/mol. The van der Waals surface area contributed by atoms with Gasteiger partial charge in [-0.05, 0) is 96.5 Å². The predicted octanol–water partition coefficient (Wildman–Crippen LogP) is 17.8. The fraction of sp³-hybridized carbons (Fsp3) is 0.333. The van der Waals surface area contributed by atoms with E-state index in [9.17, 15) is 0 Å². The Morgan fingerprint density at radius 3 is 1.88 bits per heavy atom. The number of benzene rings is 6. The first-order chi connectivity index (χ1) is 32.0. The largest absolute Gasteiger partial charge is 0.509 e. The Balaban J connectivity index is 0.00000593. The normalized spacial score (nSPS) is 17.8. The molecule has 8 aromatic rings. The van der Waals surface area contributed by atoms with Crippen LogP contribution in [-0.2, 0) is 37.3 Å². The molecule has 2 atom stereocenters. The Bertz CT molecular complexity index is 3270. The third-order valence-electron chi connectivity index (χ3n) is 14.7. The molecule has 0 amide bonds. The number of fused-ring (bicyclic) bond motifs is 7. The van der Waals surface area contributed by atoms with E-state index < -0.39 is 0 Å². The smallest absolute Gasteiger partial charge is 0.225 e. The molecule has 358 valence electrons. The molecule has 6 aromatic carbocycles. The molecule has 2 aliphatic rings. The molecule has 0 aliphatic carbocycles. The summed E-state index contributed by atoms with van der Waals surface area (Å²) in [6.07, 6.45) is 1.97. The van der Waals surface area contributed by atoms with E-state index >= 15 is 0 Å². The quantitative estimate of drug-likeness (QED) is 0.0818. The Morgan fingerprint density at radius 2 is 1.23 bits per heavy atom. The second-order valence-electron chi connectivity index (χ2n) is 23.6. The van der Waals surface area contributed by atoms with Gasteiger partial charge in [-0.3, -0.25) is 0 Å².